The number of hydrogen-bond donors (Lipinski definition) is 1. The zero-order valence-electron chi connectivity index (χ0n) is 11.0. The highest BCUT2D eigenvalue weighted by Gasteiger charge is 2.23. The number of piperazine rings is 1. The van der Waals surface area contributed by atoms with Gasteiger partial charge in [-0.1, -0.05) is 41.4 Å². The minimum atomic E-state index is 0.325. The second kappa shape index (κ2) is 7.30. The van der Waals surface area contributed by atoms with Crippen molar-refractivity contribution in [1.29, 1.82) is 0 Å². The lowest BCUT2D eigenvalue weighted by atomic mass is 9.99. The van der Waals surface area contributed by atoms with Gasteiger partial charge >= 0.3 is 0 Å². The van der Waals surface area contributed by atoms with Crippen molar-refractivity contribution >= 4 is 23.2 Å². The van der Waals surface area contributed by atoms with Crippen LogP contribution in [-0.4, -0.2) is 31.1 Å². The largest absolute Gasteiger partial charge is 0.314 e. The van der Waals surface area contributed by atoms with Crippen LogP contribution in [0, 0.1) is 0 Å². The molecule has 0 bridgehead atoms. The number of benzene rings is 1. The topological polar surface area (TPSA) is 15.3 Å². The smallest absolute Gasteiger partial charge is 0.0640 e. The molecule has 4 heteroatoms. The highest BCUT2D eigenvalue weighted by atomic mass is 35.5. The van der Waals surface area contributed by atoms with Crippen molar-refractivity contribution in [3.63, 3.8) is 0 Å². The molecular weight excluding hydrogens is 279 g/mol. The Labute approximate surface area is 125 Å². The molecule has 0 unspecified atom stereocenters. The Kier molecular flexibility index (Phi) is 5.71. The van der Waals surface area contributed by atoms with E-state index >= 15 is 0 Å². The number of allylic oxidation sites excluding steroid dienone is 1. The molecule has 2 rings (SSSR count). The SMILES string of the molecule is C=CCC[C@H](c1cccc(Cl)c1Cl)N1CCNCC1. The Morgan fingerprint density at radius 1 is 1.32 bits per heavy atom. The predicted molar refractivity (Wildman–Crippen MR) is 83.1 cm³/mol. The Morgan fingerprint density at radius 3 is 2.74 bits per heavy atom. The lowest BCUT2D eigenvalue weighted by Crippen LogP contribution is -2.45. The first-order valence-corrected chi connectivity index (χ1v) is 7.49. The summed E-state index contributed by atoms with van der Waals surface area (Å²) in [6.45, 7) is 7.98. The molecule has 1 aromatic rings. The van der Waals surface area contributed by atoms with E-state index in [1.807, 2.05) is 18.2 Å². The predicted octanol–water partition coefficient (Wildman–Crippen LogP) is 3.91. The van der Waals surface area contributed by atoms with Gasteiger partial charge in [0.15, 0.2) is 0 Å². The number of hydrogen-bond acceptors (Lipinski definition) is 2. The van der Waals surface area contributed by atoms with Crippen LogP contribution in [0.3, 0.4) is 0 Å². The van der Waals surface area contributed by atoms with Gasteiger partial charge in [0.2, 0.25) is 0 Å². The minimum absolute atomic E-state index is 0.325. The van der Waals surface area contributed by atoms with Gasteiger partial charge in [0.05, 0.1) is 10.0 Å². The fourth-order valence-corrected chi connectivity index (χ4v) is 3.02. The van der Waals surface area contributed by atoms with E-state index in [2.05, 4.69) is 22.9 Å². The minimum Gasteiger partial charge on any atom is -0.314 e. The summed E-state index contributed by atoms with van der Waals surface area (Å²) in [5.41, 5.74) is 1.14. The first kappa shape index (κ1) is 14.9. The standard InChI is InChI=1S/C15H20Cl2N2/c1-2-3-7-14(19-10-8-18-9-11-19)12-5-4-6-13(16)15(12)17/h2,4-6,14,18H,1,3,7-11H2/t14-/m1/s1. The molecular formula is C15H20Cl2N2. The van der Waals surface area contributed by atoms with Gasteiger partial charge in [-0.3, -0.25) is 4.90 Å². The van der Waals surface area contributed by atoms with Crippen molar-refractivity contribution < 1.29 is 0 Å². The van der Waals surface area contributed by atoms with Crippen LogP contribution in [0.25, 0.3) is 0 Å². The highest BCUT2D eigenvalue weighted by Crippen LogP contribution is 2.35. The van der Waals surface area contributed by atoms with Crippen molar-refractivity contribution in [2.75, 3.05) is 26.2 Å². The molecule has 104 valence electrons. The van der Waals surface area contributed by atoms with Crippen molar-refractivity contribution in [2.45, 2.75) is 18.9 Å². The van der Waals surface area contributed by atoms with E-state index in [0.29, 0.717) is 16.1 Å². The lowest BCUT2D eigenvalue weighted by molar-refractivity contribution is 0.166. The van der Waals surface area contributed by atoms with E-state index in [9.17, 15) is 0 Å². The van der Waals surface area contributed by atoms with Gasteiger partial charge < -0.3 is 5.32 Å². The summed E-state index contributed by atoms with van der Waals surface area (Å²) in [5.74, 6) is 0. The summed E-state index contributed by atoms with van der Waals surface area (Å²) in [4.78, 5) is 2.48. The van der Waals surface area contributed by atoms with Crippen LogP contribution in [0.4, 0.5) is 0 Å². The molecule has 1 aliphatic rings. The molecule has 0 spiro atoms. The van der Waals surface area contributed by atoms with Gasteiger partial charge in [-0.05, 0) is 24.5 Å². The van der Waals surface area contributed by atoms with Crippen LogP contribution in [-0.2, 0) is 0 Å². The molecule has 0 amide bonds. The van der Waals surface area contributed by atoms with Crippen molar-refractivity contribution in [3.05, 3.63) is 46.5 Å². The molecule has 19 heavy (non-hydrogen) atoms. The van der Waals surface area contributed by atoms with Gasteiger partial charge in [0.1, 0.15) is 0 Å². The average Bonchev–Trinajstić information content (AvgIpc) is 2.45. The van der Waals surface area contributed by atoms with Crippen molar-refractivity contribution in [1.82, 2.24) is 10.2 Å². The van der Waals surface area contributed by atoms with Gasteiger partial charge in [0, 0.05) is 32.2 Å². The molecule has 0 aromatic heterocycles. The number of halogens is 2. The molecule has 1 aromatic carbocycles. The van der Waals surface area contributed by atoms with Crippen molar-refractivity contribution in [2.24, 2.45) is 0 Å². The van der Waals surface area contributed by atoms with Gasteiger partial charge in [-0.2, -0.15) is 0 Å². The van der Waals surface area contributed by atoms with Gasteiger partial charge in [0.25, 0.3) is 0 Å². The Bertz CT molecular complexity index is 428. The number of nitrogens with one attached hydrogen (secondary N) is 1. The second-order valence-corrected chi connectivity index (χ2v) is 5.60. The normalized spacial score (nSPS) is 18.2. The van der Waals surface area contributed by atoms with Crippen LogP contribution >= 0.6 is 23.2 Å². The lowest BCUT2D eigenvalue weighted by Gasteiger charge is -2.35. The summed E-state index contributed by atoms with van der Waals surface area (Å²) in [6, 6.07) is 6.23. The maximum Gasteiger partial charge on any atom is 0.0640 e. The summed E-state index contributed by atoms with van der Waals surface area (Å²) in [7, 11) is 0. The first-order valence-electron chi connectivity index (χ1n) is 6.73. The quantitative estimate of drug-likeness (QED) is 0.829. The molecule has 0 saturated carbocycles. The van der Waals surface area contributed by atoms with Crippen LogP contribution < -0.4 is 5.32 Å². The third-order valence-corrected chi connectivity index (χ3v) is 4.41. The molecule has 1 fully saturated rings. The zero-order chi connectivity index (χ0) is 13.7. The summed E-state index contributed by atoms with van der Waals surface area (Å²) >= 11 is 12.5. The van der Waals surface area contributed by atoms with E-state index in [4.69, 9.17) is 23.2 Å². The zero-order valence-corrected chi connectivity index (χ0v) is 12.6. The average molecular weight is 299 g/mol. The van der Waals surface area contributed by atoms with E-state index in [1.165, 1.54) is 0 Å². The molecule has 2 nitrogen and oxygen atoms in total. The summed E-state index contributed by atoms with van der Waals surface area (Å²) in [5, 5.41) is 4.71. The molecule has 1 heterocycles. The Balaban J connectivity index is 2.24. The molecule has 1 atom stereocenters. The van der Waals surface area contributed by atoms with Gasteiger partial charge in [-0.25, -0.2) is 0 Å². The maximum absolute atomic E-state index is 6.39. The molecule has 0 aliphatic carbocycles. The van der Waals surface area contributed by atoms with Gasteiger partial charge in [-0.15, -0.1) is 6.58 Å². The maximum atomic E-state index is 6.39. The molecule has 0 radical (unpaired) electrons. The number of rotatable bonds is 5. The fraction of sp³-hybridized carbons (Fsp3) is 0.467. The summed E-state index contributed by atoms with van der Waals surface area (Å²) in [6.07, 6.45) is 3.98. The van der Waals surface area contributed by atoms with E-state index in [-0.39, 0.29) is 0 Å². The van der Waals surface area contributed by atoms with Crippen molar-refractivity contribution in [3.8, 4) is 0 Å². The van der Waals surface area contributed by atoms with E-state index in [0.717, 1.165) is 44.6 Å². The van der Waals surface area contributed by atoms with Crippen LogP contribution in [0.2, 0.25) is 10.0 Å². The molecule has 1 aliphatic heterocycles. The van der Waals surface area contributed by atoms with Crippen LogP contribution in [0.5, 0.6) is 0 Å². The first-order chi connectivity index (χ1) is 9.24. The Hall–Kier alpha value is -0.540. The highest BCUT2D eigenvalue weighted by molar-refractivity contribution is 6.42. The van der Waals surface area contributed by atoms with Crippen LogP contribution in [0.15, 0.2) is 30.9 Å². The van der Waals surface area contributed by atoms with Crippen LogP contribution in [0.1, 0.15) is 24.4 Å². The third-order valence-electron chi connectivity index (χ3n) is 3.58. The molecule has 1 saturated heterocycles. The van der Waals surface area contributed by atoms with E-state index < -0.39 is 0 Å². The summed E-state index contributed by atoms with van der Waals surface area (Å²) < 4.78 is 0. The second-order valence-electron chi connectivity index (χ2n) is 4.81. The van der Waals surface area contributed by atoms with E-state index in [1.54, 1.807) is 0 Å². The Morgan fingerprint density at radius 2 is 2.05 bits per heavy atom. The number of nitrogens with zero attached hydrogens (tertiary/aromatic N) is 1. The third kappa shape index (κ3) is 3.73. The molecule has 1 N–H and O–H groups in total. The fourth-order valence-electron chi connectivity index (χ4n) is 2.58. The monoisotopic (exact) mass is 298 g/mol.